The van der Waals surface area contributed by atoms with E-state index in [0.29, 0.717) is 6.42 Å². The largest absolute Gasteiger partial charge is 0.481 e. The van der Waals surface area contributed by atoms with E-state index in [1.54, 1.807) is 26.0 Å². The second-order valence-electron chi connectivity index (χ2n) is 4.87. The minimum Gasteiger partial charge on any atom is -0.481 e. The first-order valence-electron chi connectivity index (χ1n) is 6.68. The van der Waals surface area contributed by atoms with Crippen LogP contribution in [0.5, 0.6) is 0 Å². The van der Waals surface area contributed by atoms with Crippen LogP contribution in [0.1, 0.15) is 36.2 Å². The molecule has 0 heterocycles. The molecule has 1 atom stereocenters. The number of nitrogens with zero attached hydrogens (tertiary/aromatic N) is 1. The molecule has 0 saturated carbocycles. The molecule has 1 aromatic carbocycles. The molecular formula is C15H19NO5. The van der Waals surface area contributed by atoms with Crippen molar-refractivity contribution in [1.82, 2.24) is 4.90 Å². The van der Waals surface area contributed by atoms with Crippen molar-refractivity contribution in [3.8, 4) is 0 Å². The molecule has 2 N–H and O–H groups in total. The molecule has 1 rings (SSSR count). The lowest BCUT2D eigenvalue weighted by molar-refractivity contribution is -0.143. The number of aromatic carboxylic acids is 1. The Morgan fingerprint density at radius 1 is 1.14 bits per heavy atom. The van der Waals surface area contributed by atoms with Gasteiger partial charge >= 0.3 is 11.9 Å². The summed E-state index contributed by atoms with van der Waals surface area (Å²) in [6.07, 6.45) is 0.291. The second-order valence-corrected chi connectivity index (χ2v) is 4.87. The quantitative estimate of drug-likeness (QED) is 0.800. The smallest absolute Gasteiger partial charge is 0.335 e. The molecule has 1 aromatic rings. The van der Waals surface area contributed by atoms with Gasteiger partial charge in [-0.2, -0.15) is 0 Å². The average Bonchev–Trinajstić information content (AvgIpc) is 2.45. The van der Waals surface area contributed by atoms with Crippen molar-refractivity contribution >= 4 is 17.8 Å². The molecule has 6 nitrogen and oxygen atoms in total. The lowest BCUT2D eigenvalue weighted by Gasteiger charge is -2.24. The Morgan fingerprint density at radius 2 is 1.71 bits per heavy atom. The van der Waals surface area contributed by atoms with Gasteiger partial charge in [0.1, 0.15) is 0 Å². The predicted octanol–water partition coefficient (Wildman–Crippen LogP) is 1.84. The summed E-state index contributed by atoms with van der Waals surface area (Å²) in [7, 11) is 0. The lowest BCUT2D eigenvalue weighted by Crippen LogP contribution is -2.36. The van der Waals surface area contributed by atoms with Gasteiger partial charge in [0.25, 0.3) is 0 Å². The van der Waals surface area contributed by atoms with Gasteiger partial charge in [0, 0.05) is 19.5 Å². The fourth-order valence-corrected chi connectivity index (χ4v) is 1.86. The highest BCUT2D eigenvalue weighted by atomic mass is 16.4. The highest BCUT2D eigenvalue weighted by molar-refractivity contribution is 5.87. The van der Waals surface area contributed by atoms with Crippen molar-refractivity contribution in [1.29, 1.82) is 0 Å². The Balaban J connectivity index is 2.83. The van der Waals surface area contributed by atoms with Crippen LogP contribution in [-0.2, 0) is 16.1 Å². The van der Waals surface area contributed by atoms with Gasteiger partial charge in [0.05, 0.1) is 11.5 Å². The molecule has 1 unspecified atom stereocenters. The maximum atomic E-state index is 11.9. The van der Waals surface area contributed by atoms with Gasteiger partial charge in [0.2, 0.25) is 5.91 Å². The summed E-state index contributed by atoms with van der Waals surface area (Å²) in [5.74, 6) is -2.75. The van der Waals surface area contributed by atoms with Gasteiger partial charge in [0.15, 0.2) is 0 Å². The summed E-state index contributed by atoms with van der Waals surface area (Å²) in [6, 6.07) is 6.19. The molecule has 1 amide bonds. The van der Waals surface area contributed by atoms with Gasteiger partial charge in [-0.3, -0.25) is 9.59 Å². The van der Waals surface area contributed by atoms with Crippen LogP contribution >= 0.6 is 0 Å². The molecule has 0 spiro atoms. The predicted molar refractivity (Wildman–Crippen MR) is 75.9 cm³/mol. The van der Waals surface area contributed by atoms with Crippen LogP contribution in [0.25, 0.3) is 0 Å². The van der Waals surface area contributed by atoms with Gasteiger partial charge in [-0.1, -0.05) is 26.0 Å². The lowest BCUT2D eigenvalue weighted by atomic mass is 10.1. The van der Waals surface area contributed by atoms with E-state index in [1.807, 2.05) is 0 Å². The molecular weight excluding hydrogens is 274 g/mol. The van der Waals surface area contributed by atoms with Gasteiger partial charge in [-0.15, -0.1) is 0 Å². The molecule has 0 aliphatic heterocycles. The van der Waals surface area contributed by atoms with Crippen molar-refractivity contribution in [3.63, 3.8) is 0 Å². The average molecular weight is 293 g/mol. The van der Waals surface area contributed by atoms with Crippen molar-refractivity contribution in [2.75, 3.05) is 6.54 Å². The Morgan fingerprint density at radius 3 is 2.14 bits per heavy atom. The number of carboxylic acids is 2. The second kappa shape index (κ2) is 7.42. The third-order valence-corrected chi connectivity index (χ3v) is 3.15. The number of rotatable bonds is 7. The number of benzene rings is 1. The fourth-order valence-electron chi connectivity index (χ4n) is 1.86. The molecule has 0 bridgehead atoms. The molecule has 21 heavy (non-hydrogen) atoms. The van der Waals surface area contributed by atoms with Crippen LogP contribution in [-0.4, -0.2) is 39.5 Å². The SMILES string of the molecule is CCC(=O)N(Cc1ccc(C(=O)O)cc1)CC(C)C(=O)O. The van der Waals surface area contributed by atoms with Crippen molar-refractivity contribution in [3.05, 3.63) is 35.4 Å². The van der Waals surface area contributed by atoms with Gasteiger partial charge < -0.3 is 15.1 Å². The third kappa shape index (κ3) is 4.91. The maximum Gasteiger partial charge on any atom is 0.335 e. The first-order valence-corrected chi connectivity index (χ1v) is 6.68. The summed E-state index contributed by atoms with van der Waals surface area (Å²) in [5, 5.41) is 17.8. The van der Waals surface area contributed by atoms with Crippen LogP contribution < -0.4 is 0 Å². The first kappa shape index (κ1) is 16.7. The number of hydrogen-bond acceptors (Lipinski definition) is 3. The highest BCUT2D eigenvalue weighted by Gasteiger charge is 2.19. The normalized spacial score (nSPS) is 11.7. The molecule has 0 aliphatic rings. The zero-order valence-corrected chi connectivity index (χ0v) is 12.1. The van der Waals surface area contributed by atoms with Crippen molar-refractivity contribution in [2.45, 2.75) is 26.8 Å². The molecule has 0 aromatic heterocycles. The standard InChI is InChI=1S/C15H19NO5/c1-3-13(17)16(8-10(2)14(18)19)9-11-4-6-12(7-5-11)15(20)21/h4-7,10H,3,8-9H2,1-2H3,(H,18,19)(H,20,21). The number of aliphatic carboxylic acids is 1. The van der Waals surface area contributed by atoms with Crippen LogP contribution in [0, 0.1) is 5.92 Å². The molecule has 0 radical (unpaired) electrons. The fraction of sp³-hybridized carbons (Fsp3) is 0.400. The van der Waals surface area contributed by atoms with E-state index < -0.39 is 17.9 Å². The van der Waals surface area contributed by atoms with Crippen LogP contribution in [0.3, 0.4) is 0 Å². The van der Waals surface area contributed by atoms with Gasteiger partial charge in [-0.25, -0.2) is 4.79 Å². The highest BCUT2D eigenvalue weighted by Crippen LogP contribution is 2.11. The summed E-state index contributed by atoms with van der Waals surface area (Å²) < 4.78 is 0. The zero-order valence-electron chi connectivity index (χ0n) is 12.1. The molecule has 0 saturated heterocycles. The van der Waals surface area contributed by atoms with Crippen molar-refractivity contribution < 1.29 is 24.6 Å². The molecule has 0 aliphatic carbocycles. The Labute approximate surface area is 123 Å². The number of carboxylic acid groups (broad SMARTS) is 2. The zero-order chi connectivity index (χ0) is 16.0. The monoisotopic (exact) mass is 293 g/mol. The maximum absolute atomic E-state index is 11.9. The topological polar surface area (TPSA) is 94.9 Å². The molecule has 114 valence electrons. The van der Waals surface area contributed by atoms with E-state index in [1.165, 1.54) is 17.0 Å². The summed E-state index contributed by atoms with van der Waals surface area (Å²) in [5.41, 5.74) is 0.936. The minimum absolute atomic E-state index is 0.128. The van der Waals surface area contributed by atoms with Crippen LogP contribution in [0.4, 0.5) is 0 Å². The Kier molecular flexibility index (Phi) is 5.90. The number of carbonyl (C=O) groups is 3. The van der Waals surface area contributed by atoms with E-state index in [0.717, 1.165) is 5.56 Å². The van der Waals surface area contributed by atoms with Crippen LogP contribution in [0.2, 0.25) is 0 Å². The number of carbonyl (C=O) groups excluding carboxylic acids is 1. The van der Waals surface area contributed by atoms with E-state index in [2.05, 4.69) is 0 Å². The van der Waals surface area contributed by atoms with E-state index in [9.17, 15) is 14.4 Å². The number of hydrogen-bond donors (Lipinski definition) is 2. The van der Waals surface area contributed by atoms with E-state index >= 15 is 0 Å². The Hall–Kier alpha value is -2.37. The van der Waals surface area contributed by atoms with E-state index in [4.69, 9.17) is 10.2 Å². The van der Waals surface area contributed by atoms with Gasteiger partial charge in [-0.05, 0) is 17.7 Å². The first-order chi connectivity index (χ1) is 9.85. The Bertz CT molecular complexity index is 523. The third-order valence-electron chi connectivity index (χ3n) is 3.15. The van der Waals surface area contributed by atoms with E-state index in [-0.39, 0.29) is 24.6 Å². The number of amides is 1. The van der Waals surface area contributed by atoms with Crippen LogP contribution in [0.15, 0.2) is 24.3 Å². The summed E-state index contributed by atoms with van der Waals surface area (Å²) in [4.78, 5) is 35.1. The van der Waals surface area contributed by atoms with Crippen molar-refractivity contribution in [2.24, 2.45) is 5.92 Å². The minimum atomic E-state index is -1.01. The molecule has 0 fully saturated rings. The summed E-state index contributed by atoms with van der Waals surface area (Å²) >= 11 is 0. The summed E-state index contributed by atoms with van der Waals surface area (Å²) in [6.45, 7) is 3.66. The molecule has 6 heteroatoms.